The number of thiophene rings is 1. The average molecular weight is 327 g/mol. The molecule has 3 rings (SSSR count). The highest BCUT2D eigenvalue weighted by molar-refractivity contribution is 7.21. The van der Waals surface area contributed by atoms with Crippen LogP contribution in [0.4, 0.5) is 13.2 Å². The molecule has 118 valence electrons. The second kappa shape index (κ2) is 5.57. The van der Waals surface area contributed by atoms with Crippen molar-refractivity contribution in [2.75, 3.05) is 13.1 Å². The number of hydrogen-bond donors (Lipinski definition) is 0. The summed E-state index contributed by atoms with van der Waals surface area (Å²) >= 11 is 1.36. The van der Waals surface area contributed by atoms with E-state index in [2.05, 4.69) is 0 Å². The molecular formula is C16H16F3NOS. The second-order valence-corrected chi connectivity index (χ2v) is 6.74. The predicted octanol–water partition coefficient (Wildman–Crippen LogP) is 4.62. The van der Waals surface area contributed by atoms with E-state index in [1.165, 1.54) is 16.2 Å². The van der Waals surface area contributed by atoms with E-state index in [4.69, 9.17) is 0 Å². The molecule has 0 aliphatic carbocycles. The van der Waals surface area contributed by atoms with Gasteiger partial charge in [0.1, 0.15) is 0 Å². The Hall–Kier alpha value is -1.56. The SMILES string of the molecule is Cc1c(C(=O)N2CCCC(C(F)(F)F)C2)sc2ccccc12. The molecule has 2 aromatic rings. The molecule has 0 radical (unpaired) electrons. The maximum Gasteiger partial charge on any atom is 0.393 e. The molecule has 1 aromatic heterocycles. The van der Waals surface area contributed by atoms with Crippen molar-refractivity contribution in [1.29, 1.82) is 0 Å². The number of nitrogens with zero attached hydrogens (tertiary/aromatic N) is 1. The van der Waals surface area contributed by atoms with Crippen LogP contribution in [0.2, 0.25) is 0 Å². The molecule has 1 fully saturated rings. The van der Waals surface area contributed by atoms with E-state index in [0.717, 1.165) is 15.6 Å². The third-order valence-electron chi connectivity index (χ3n) is 4.21. The Bertz CT molecular complexity index is 707. The van der Waals surface area contributed by atoms with Gasteiger partial charge in [0.15, 0.2) is 0 Å². The van der Waals surface area contributed by atoms with Crippen LogP contribution in [-0.2, 0) is 0 Å². The Balaban J connectivity index is 1.88. The highest BCUT2D eigenvalue weighted by Crippen LogP contribution is 2.36. The number of likely N-dealkylation sites (tertiary alicyclic amines) is 1. The Morgan fingerprint density at radius 1 is 1.32 bits per heavy atom. The summed E-state index contributed by atoms with van der Waals surface area (Å²) in [6.07, 6.45) is -3.72. The smallest absolute Gasteiger partial charge is 0.337 e. The first kappa shape index (κ1) is 15.3. The molecule has 1 aliphatic rings. The molecule has 0 bridgehead atoms. The summed E-state index contributed by atoms with van der Waals surface area (Å²) in [5.41, 5.74) is 0.861. The fourth-order valence-electron chi connectivity index (χ4n) is 2.95. The van der Waals surface area contributed by atoms with Crippen molar-refractivity contribution in [1.82, 2.24) is 4.90 Å². The Morgan fingerprint density at radius 2 is 2.05 bits per heavy atom. The molecule has 1 aromatic carbocycles. The highest BCUT2D eigenvalue weighted by Gasteiger charge is 2.43. The van der Waals surface area contributed by atoms with E-state index in [1.54, 1.807) is 0 Å². The summed E-state index contributed by atoms with van der Waals surface area (Å²) in [6.45, 7) is 2.03. The van der Waals surface area contributed by atoms with Crippen molar-refractivity contribution in [3.8, 4) is 0 Å². The van der Waals surface area contributed by atoms with Gasteiger partial charge in [-0.15, -0.1) is 11.3 Å². The molecule has 1 unspecified atom stereocenters. The summed E-state index contributed by atoms with van der Waals surface area (Å²) in [4.78, 5) is 14.6. The molecular weight excluding hydrogens is 311 g/mol. The first-order valence-corrected chi connectivity index (χ1v) is 8.03. The average Bonchev–Trinajstić information content (AvgIpc) is 2.83. The summed E-state index contributed by atoms with van der Waals surface area (Å²) in [7, 11) is 0. The maximum absolute atomic E-state index is 12.9. The molecule has 1 aliphatic heterocycles. The summed E-state index contributed by atoms with van der Waals surface area (Å²) in [5.74, 6) is -1.67. The number of carbonyl (C=O) groups excluding carboxylic acids is 1. The largest absolute Gasteiger partial charge is 0.393 e. The Morgan fingerprint density at radius 3 is 2.73 bits per heavy atom. The minimum Gasteiger partial charge on any atom is -0.337 e. The van der Waals surface area contributed by atoms with Crippen molar-refractivity contribution in [3.05, 3.63) is 34.7 Å². The third kappa shape index (κ3) is 2.72. The number of alkyl halides is 3. The topological polar surface area (TPSA) is 20.3 Å². The molecule has 1 atom stereocenters. The molecule has 0 saturated carbocycles. The van der Waals surface area contributed by atoms with Gasteiger partial charge in [-0.3, -0.25) is 4.79 Å². The maximum atomic E-state index is 12.9. The molecule has 2 heterocycles. The van der Waals surface area contributed by atoms with E-state index in [-0.39, 0.29) is 18.9 Å². The molecule has 6 heteroatoms. The number of aryl methyl sites for hydroxylation is 1. The number of piperidine rings is 1. The van der Waals surface area contributed by atoms with Crippen molar-refractivity contribution in [2.45, 2.75) is 25.9 Å². The predicted molar refractivity (Wildman–Crippen MR) is 81.2 cm³/mol. The second-order valence-electron chi connectivity index (χ2n) is 5.68. The van der Waals surface area contributed by atoms with Crippen molar-refractivity contribution >= 4 is 27.3 Å². The van der Waals surface area contributed by atoms with Crippen molar-refractivity contribution in [3.63, 3.8) is 0 Å². The van der Waals surface area contributed by atoms with Gasteiger partial charge >= 0.3 is 6.18 Å². The lowest BCUT2D eigenvalue weighted by Crippen LogP contribution is -2.44. The highest BCUT2D eigenvalue weighted by atomic mass is 32.1. The molecule has 1 saturated heterocycles. The normalized spacial score (nSPS) is 19.6. The number of halogens is 3. The van der Waals surface area contributed by atoms with Gasteiger partial charge < -0.3 is 4.90 Å². The van der Waals surface area contributed by atoms with Crippen LogP contribution in [0.5, 0.6) is 0 Å². The lowest BCUT2D eigenvalue weighted by atomic mass is 9.97. The van der Waals surface area contributed by atoms with Crippen LogP contribution in [0, 0.1) is 12.8 Å². The van der Waals surface area contributed by atoms with Gasteiger partial charge in [0.2, 0.25) is 0 Å². The zero-order valence-electron chi connectivity index (χ0n) is 12.1. The first-order chi connectivity index (χ1) is 10.4. The number of hydrogen-bond acceptors (Lipinski definition) is 2. The monoisotopic (exact) mass is 327 g/mol. The Kier molecular flexibility index (Phi) is 3.89. The molecule has 2 nitrogen and oxygen atoms in total. The number of carbonyl (C=O) groups is 1. The van der Waals surface area contributed by atoms with Gasteiger partial charge in [0.05, 0.1) is 10.8 Å². The third-order valence-corrected chi connectivity index (χ3v) is 5.47. The van der Waals surface area contributed by atoms with Crippen molar-refractivity contribution < 1.29 is 18.0 Å². The van der Waals surface area contributed by atoms with Gasteiger partial charge in [-0.25, -0.2) is 0 Å². The van der Waals surface area contributed by atoms with Crippen LogP contribution in [0.1, 0.15) is 28.1 Å². The number of benzene rings is 1. The van der Waals surface area contributed by atoms with E-state index in [0.29, 0.717) is 17.8 Å². The van der Waals surface area contributed by atoms with Crippen LogP contribution in [0.25, 0.3) is 10.1 Å². The number of rotatable bonds is 1. The van der Waals surface area contributed by atoms with Gasteiger partial charge in [-0.05, 0) is 36.8 Å². The molecule has 1 amide bonds. The van der Waals surface area contributed by atoms with E-state index < -0.39 is 12.1 Å². The summed E-state index contributed by atoms with van der Waals surface area (Å²) < 4.78 is 39.7. The minimum absolute atomic E-state index is 0.110. The van der Waals surface area contributed by atoms with Crippen LogP contribution in [-0.4, -0.2) is 30.1 Å². The summed E-state index contributed by atoms with van der Waals surface area (Å²) in [5, 5.41) is 1.00. The molecule has 0 N–H and O–H groups in total. The van der Waals surface area contributed by atoms with Gasteiger partial charge in [-0.2, -0.15) is 13.2 Å². The van der Waals surface area contributed by atoms with E-state index in [9.17, 15) is 18.0 Å². The fraction of sp³-hybridized carbons (Fsp3) is 0.438. The molecule has 22 heavy (non-hydrogen) atoms. The quantitative estimate of drug-likeness (QED) is 0.748. The molecule has 0 spiro atoms. The van der Waals surface area contributed by atoms with Crippen LogP contribution in [0.3, 0.4) is 0 Å². The first-order valence-electron chi connectivity index (χ1n) is 7.22. The fourth-order valence-corrected chi connectivity index (χ4v) is 4.13. The van der Waals surface area contributed by atoms with E-state index in [1.807, 2.05) is 31.2 Å². The zero-order chi connectivity index (χ0) is 15.9. The van der Waals surface area contributed by atoms with Gasteiger partial charge in [0, 0.05) is 17.8 Å². The van der Waals surface area contributed by atoms with Gasteiger partial charge in [-0.1, -0.05) is 18.2 Å². The van der Waals surface area contributed by atoms with Crippen LogP contribution >= 0.6 is 11.3 Å². The standard InChI is InChI=1S/C16H16F3NOS/c1-10-12-6-2-3-7-13(12)22-14(10)15(21)20-8-4-5-11(9-20)16(17,18)19/h2-3,6-7,11H,4-5,8-9H2,1H3. The lowest BCUT2D eigenvalue weighted by Gasteiger charge is -2.33. The number of fused-ring (bicyclic) bond motifs is 1. The van der Waals surface area contributed by atoms with Crippen LogP contribution < -0.4 is 0 Å². The number of amides is 1. The van der Waals surface area contributed by atoms with E-state index >= 15 is 0 Å². The lowest BCUT2D eigenvalue weighted by molar-refractivity contribution is -0.184. The van der Waals surface area contributed by atoms with Crippen LogP contribution in [0.15, 0.2) is 24.3 Å². The Labute approximate surface area is 130 Å². The zero-order valence-corrected chi connectivity index (χ0v) is 12.9. The summed E-state index contributed by atoms with van der Waals surface area (Å²) in [6, 6.07) is 7.66. The van der Waals surface area contributed by atoms with Crippen molar-refractivity contribution in [2.24, 2.45) is 5.92 Å². The van der Waals surface area contributed by atoms with Gasteiger partial charge in [0.25, 0.3) is 5.91 Å². The minimum atomic E-state index is -4.23.